The van der Waals surface area contributed by atoms with Gasteiger partial charge < -0.3 is 14.3 Å². The summed E-state index contributed by atoms with van der Waals surface area (Å²) in [5, 5.41) is 9.99. The minimum Gasteiger partial charge on any atom is -0.508 e. The number of ether oxygens (including phenoxy) is 1. The van der Waals surface area contributed by atoms with Crippen LogP contribution in [0.2, 0.25) is 0 Å². The Bertz CT molecular complexity index is 889. The third-order valence-corrected chi connectivity index (χ3v) is 2.94. The van der Waals surface area contributed by atoms with Gasteiger partial charge in [-0.3, -0.25) is 4.98 Å². The molecule has 3 rings (SSSR count). The first-order valence-electron chi connectivity index (χ1n) is 6.32. The average molecular weight is 298 g/mol. The maximum absolute atomic E-state index is 11.8. The molecule has 2 heterocycles. The summed E-state index contributed by atoms with van der Waals surface area (Å²) < 4.78 is 10.1. The van der Waals surface area contributed by atoms with Crippen LogP contribution in [0.4, 0.5) is 0 Å². The fraction of sp³-hybridized carbons (Fsp3) is 0.0667. The van der Waals surface area contributed by atoms with E-state index in [1.165, 1.54) is 36.8 Å². The van der Waals surface area contributed by atoms with Crippen LogP contribution < -0.4 is 5.63 Å². The van der Waals surface area contributed by atoms with Gasteiger partial charge in [-0.2, -0.15) is 0 Å². The van der Waals surface area contributed by atoms with Gasteiger partial charge in [-0.05, 0) is 12.1 Å². The van der Waals surface area contributed by atoms with Crippen LogP contribution in [-0.4, -0.2) is 21.0 Å². The first-order chi connectivity index (χ1) is 10.6. The number of fused-ring (bicyclic) bond motifs is 1. The van der Waals surface area contributed by atoms with Crippen LogP contribution in [-0.2, 0) is 11.3 Å². The van der Waals surface area contributed by atoms with Crippen molar-refractivity contribution >= 4 is 16.9 Å². The van der Waals surface area contributed by atoms with Crippen molar-refractivity contribution in [2.45, 2.75) is 6.61 Å². The van der Waals surface area contributed by atoms with Crippen molar-refractivity contribution in [1.29, 1.82) is 0 Å². The number of rotatable bonds is 3. The normalized spacial score (nSPS) is 10.5. The molecule has 1 aromatic carbocycles. The van der Waals surface area contributed by atoms with Crippen molar-refractivity contribution in [2.24, 2.45) is 0 Å². The molecule has 3 aromatic rings. The minimum atomic E-state index is -0.645. The van der Waals surface area contributed by atoms with E-state index in [0.717, 1.165) is 0 Å². The Morgan fingerprint density at radius 1 is 1.27 bits per heavy atom. The van der Waals surface area contributed by atoms with Gasteiger partial charge in [0, 0.05) is 35.5 Å². The van der Waals surface area contributed by atoms with E-state index in [4.69, 9.17) is 9.15 Å². The Labute approximate surface area is 123 Å². The van der Waals surface area contributed by atoms with Crippen LogP contribution in [0.15, 0.2) is 52.1 Å². The molecular weight excluding hydrogens is 288 g/mol. The Balaban J connectivity index is 1.88. The van der Waals surface area contributed by atoms with Gasteiger partial charge in [-0.25, -0.2) is 14.6 Å². The second kappa shape index (κ2) is 5.65. The van der Waals surface area contributed by atoms with Gasteiger partial charge in [0.25, 0.3) is 0 Å². The van der Waals surface area contributed by atoms with Gasteiger partial charge in [0.15, 0.2) is 5.69 Å². The number of phenolic OH excluding ortho intramolecular Hbond substituents is 1. The molecule has 0 spiro atoms. The molecule has 7 heteroatoms. The molecule has 0 unspecified atom stereocenters. The van der Waals surface area contributed by atoms with E-state index in [-0.39, 0.29) is 23.6 Å². The molecule has 0 aliphatic heterocycles. The monoisotopic (exact) mass is 298 g/mol. The second-order valence-electron chi connectivity index (χ2n) is 4.44. The highest BCUT2D eigenvalue weighted by Gasteiger charge is 2.12. The predicted molar refractivity (Wildman–Crippen MR) is 75.3 cm³/mol. The van der Waals surface area contributed by atoms with Crippen molar-refractivity contribution in [1.82, 2.24) is 9.97 Å². The molecule has 0 aliphatic rings. The van der Waals surface area contributed by atoms with Crippen molar-refractivity contribution in [3.63, 3.8) is 0 Å². The summed E-state index contributed by atoms with van der Waals surface area (Å²) >= 11 is 0. The number of hydrogen-bond acceptors (Lipinski definition) is 7. The average Bonchev–Trinajstić information content (AvgIpc) is 2.52. The second-order valence-corrected chi connectivity index (χ2v) is 4.44. The van der Waals surface area contributed by atoms with Crippen LogP contribution in [0.5, 0.6) is 5.75 Å². The first kappa shape index (κ1) is 13.7. The Morgan fingerprint density at radius 2 is 2.14 bits per heavy atom. The number of esters is 1. The van der Waals surface area contributed by atoms with Crippen molar-refractivity contribution in [3.05, 3.63) is 64.5 Å². The molecule has 0 fully saturated rings. The molecule has 110 valence electrons. The zero-order valence-electron chi connectivity index (χ0n) is 11.2. The van der Waals surface area contributed by atoms with Gasteiger partial charge >= 0.3 is 11.6 Å². The summed E-state index contributed by atoms with van der Waals surface area (Å²) in [4.78, 5) is 31.0. The summed E-state index contributed by atoms with van der Waals surface area (Å²) in [7, 11) is 0. The molecule has 0 radical (unpaired) electrons. The number of phenols is 1. The van der Waals surface area contributed by atoms with Crippen LogP contribution in [0.1, 0.15) is 16.1 Å². The van der Waals surface area contributed by atoms with Gasteiger partial charge in [0.2, 0.25) is 0 Å². The SMILES string of the molecule is O=C(OCc1cc(=O)oc2cc(O)ccc12)c1cnccn1. The van der Waals surface area contributed by atoms with E-state index in [1.54, 1.807) is 6.07 Å². The topological polar surface area (TPSA) is 103 Å². The summed E-state index contributed by atoms with van der Waals surface area (Å²) in [6.45, 7) is -0.123. The van der Waals surface area contributed by atoms with Gasteiger partial charge in [0.1, 0.15) is 17.9 Å². The molecule has 0 atom stereocenters. The van der Waals surface area contributed by atoms with Gasteiger partial charge in [0.05, 0.1) is 6.20 Å². The maximum Gasteiger partial charge on any atom is 0.358 e. The molecule has 0 aliphatic carbocycles. The smallest absolute Gasteiger partial charge is 0.358 e. The van der Waals surface area contributed by atoms with E-state index < -0.39 is 11.6 Å². The van der Waals surface area contributed by atoms with E-state index in [9.17, 15) is 14.7 Å². The number of benzene rings is 1. The van der Waals surface area contributed by atoms with Crippen LogP contribution >= 0.6 is 0 Å². The molecule has 0 amide bonds. The Hall–Kier alpha value is -3.22. The number of carbonyl (C=O) groups is 1. The number of carbonyl (C=O) groups excluding carboxylic acids is 1. The highest BCUT2D eigenvalue weighted by atomic mass is 16.5. The number of hydrogen-bond donors (Lipinski definition) is 1. The van der Waals surface area contributed by atoms with E-state index in [0.29, 0.717) is 10.9 Å². The largest absolute Gasteiger partial charge is 0.508 e. The van der Waals surface area contributed by atoms with Crippen LogP contribution in [0.25, 0.3) is 11.0 Å². The molecule has 7 nitrogen and oxygen atoms in total. The quantitative estimate of drug-likeness (QED) is 0.579. The molecule has 0 bridgehead atoms. The van der Waals surface area contributed by atoms with E-state index >= 15 is 0 Å². The lowest BCUT2D eigenvalue weighted by molar-refractivity contribution is 0.0466. The number of aromatic hydroxyl groups is 1. The fourth-order valence-electron chi connectivity index (χ4n) is 1.96. The summed E-state index contributed by atoms with van der Waals surface area (Å²) in [5.41, 5.74) is 0.178. The van der Waals surface area contributed by atoms with Crippen LogP contribution in [0.3, 0.4) is 0 Å². The Morgan fingerprint density at radius 3 is 2.91 bits per heavy atom. The van der Waals surface area contributed by atoms with E-state index in [2.05, 4.69) is 9.97 Å². The lowest BCUT2D eigenvalue weighted by Crippen LogP contribution is -2.09. The zero-order chi connectivity index (χ0) is 15.5. The molecule has 1 N–H and O–H groups in total. The highest BCUT2D eigenvalue weighted by Crippen LogP contribution is 2.22. The lowest BCUT2D eigenvalue weighted by atomic mass is 10.1. The van der Waals surface area contributed by atoms with Crippen molar-refractivity contribution in [2.75, 3.05) is 0 Å². The van der Waals surface area contributed by atoms with Crippen molar-refractivity contribution < 1.29 is 19.1 Å². The molecule has 22 heavy (non-hydrogen) atoms. The minimum absolute atomic E-state index is 0.0237. The first-order valence-corrected chi connectivity index (χ1v) is 6.32. The van der Waals surface area contributed by atoms with Gasteiger partial charge in [-0.1, -0.05) is 0 Å². The highest BCUT2D eigenvalue weighted by molar-refractivity contribution is 5.87. The summed E-state index contributed by atoms with van der Waals surface area (Å²) in [6, 6.07) is 5.60. The van der Waals surface area contributed by atoms with Crippen molar-refractivity contribution in [3.8, 4) is 5.75 Å². The number of nitrogens with zero attached hydrogens (tertiary/aromatic N) is 2. The fourth-order valence-corrected chi connectivity index (χ4v) is 1.96. The van der Waals surface area contributed by atoms with Crippen LogP contribution in [0, 0.1) is 0 Å². The summed E-state index contributed by atoms with van der Waals surface area (Å²) in [5.74, 6) is -0.669. The molecule has 2 aromatic heterocycles. The third kappa shape index (κ3) is 2.78. The third-order valence-electron chi connectivity index (χ3n) is 2.94. The van der Waals surface area contributed by atoms with Gasteiger partial charge in [-0.15, -0.1) is 0 Å². The molecule has 0 saturated heterocycles. The summed E-state index contributed by atoms with van der Waals surface area (Å²) in [6.07, 6.45) is 4.11. The molecule has 0 saturated carbocycles. The standard InChI is InChI=1S/C15H10N2O5/c18-10-1-2-11-9(5-14(19)22-13(11)6-10)8-21-15(20)12-7-16-3-4-17-12/h1-7,18H,8H2. The number of aromatic nitrogens is 2. The maximum atomic E-state index is 11.8. The van der Waals surface area contributed by atoms with E-state index in [1.807, 2.05) is 0 Å². The zero-order valence-corrected chi connectivity index (χ0v) is 11.2. The Kier molecular flexibility index (Phi) is 3.53. The molecular formula is C15H10N2O5. The lowest BCUT2D eigenvalue weighted by Gasteiger charge is -2.07. The predicted octanol–water partition coefficient (Wildman–Crippen LogP) is 1.65.